The molecule has 1 saturated carbocycles. The van der Waals surface area contributed by atoms with Crippen molar-refractivity contribution in [3.63, 3.8) is 0 Å². The summed E-state index contributed by atoms with van der Waals surface area (Å²) in [5, 5.41) is 12.0. The quantitative estimate of drug-likeness (QED) is 0.771. The van der Waals surface area contributed by atoms with E-state index >= 15 is 0 Å². The summed E-state index contributed by atoms with van der Waals surface area (Å²) >= 11 is 0. The van der Waals surface area contributed by atoms with Gasteiger partial charge in [0.2, 0.25) is 5.91 Å². The first kappa shape index (κ1) is 16.5. The van der Waals surface area contributed by atoms with Crippen LogP contribution in [0, 0.1) is 5.92 Å². The summed E-state index contributed by atoms with van der Waals surface area (Å²) in [7, 11) is 0. The molecular formula is C17H24N2O3. The minimum atomic E-state index is -0.914. The molecule has 1 fully saturated rings. The Morgan fingerprint density at radius 3 is 2.36 bits per heavy atom. The summed E-state index contributed by atoms with van der Waals surface area (Å²) in [4.78, 5) is 24.9. The van der Waals surface area contributed by atoms with E-state index in [9.17, 15) is 9.59 Å². The van der Waals surface area contributed by atoms with Crippen molar-refractivity contribution in [2.24, 2.45) is 5.92 Å². The molecule has 0 heterocycles. The summed E-state index contributed by atoms with van der Waals surface area (Å²) in [6, 6.07) is 10.0. The topological polar surface area (TPSA) is 69.6 Å². The van der Waals surface area contributed by atoms with Gasteiger partial charge in [0.15, 0.2) is 0 Å². The van der Waals surface area contributed by atoms with Gasteiger partial charge < -0.3 is 10.4 Å². The number of nitrogens with one attached hydrogen (secondary N) is 1. The number of carbonyl (C=O) groups excluding carboxylic acids is 1. The molecular weight excluding hydrogens is 280 g/mol. The van der Waals surface area contributed by atoms with Crippen LogP contribution in [-0.4, -0.2) is 41.0 Å². The lowest BCUT2D eigenvalue weighted by Gasteiger charge is -2.26. The summed E-state index contributed by atoms with van der Waals surface area (Å²) in [6.07, 6.45) is 2.26. The Morgan fingerprint density at radius 1 is 1.23 bits per heavy atom. The van der Waals surface area contributed by atoms with Crippen LogP contribution in [0.3, 0.4) is 0 Å². The standard InChI is InChI=1S/C17H24N2O3/c1-12(2)19(11-16(21)22)10-15(20)18-17(14-8-9-14)13-6-4-3-5-7-13/h3-7,12,14,17H,8-11H2,1-2H3,(H,18,20)(H,21,22). The molecule has 1 atom stereocenters. The van der Waals surface area contributed by atoms with Crippen molar-refractivity contribution in [1.29, 1.82) is 0 Å². The highest BCUT2D eigenvalue weighted by Gasteiger charge is 2.33. The zero-order valence-corrected chi connectivity index (χ0v) is 13.2. The molecule has 0 radical (unpaired) electrons. The van der Waals surface area contributed by atoms with Gasteiger partial charge in [-0.15, -0.1) is 0 Å². The van der Waals surface area contributed by atoms with E-state index in [2.05, 4.69) is 5.32 Å². The van der Waals surface area contributed by atoms with Gasteiger partial charge in [-0.3, -0.25) is 14.5 Å². The normalized spacial score (nSPS) is 15.8. The first-order valence-corrected chi connectivity index (χ1v) is 7.77. The highest BCUT2D eigenvalue weighted by Crippen LogP contribution is 2.40. The number of carboxylic acids is 1. The maximum absolute atomic E-state index is 12.3. The lowest BCUT2D eigenvalue weighted by atomic mass is 10.0. The largest absolute Gasteiger partial charge is 0.480 e. The van der Waals surface area contributed by atoms with E-state index in [0.29, 0.717) is 5.92 Å². The summed E-state index contributed by atoms with van der Waals surface area (Å²) in [6.45, 7) is 3.78. The SMILES string of the molecule is CC(C)N(CC(=O)O)CC(=O)NC(c1ccccc1)C1CC1. The molecule has 1 amide bonds. The molecule has 0 spiro atoms. The molecule has 1 aromatic carbocycles. The van der Waals surface area contributed by atoms with Gasteiger partial charge in [-0.05, 0) is 38.2 Å². The number of benzene rings is 1. The van der Waals surface area contributed by atoms with Crippen molar-refractivity contribution in [3.8, 4) is 0 Å². The number of amides is 1. The first-order chi connectivity index (χ1) is 10.5. The van der Waals surface area contributed by atoms with E-state index in [1.54, 1.807) is 4.90 Å². The second kappa shape index (κ2) is 7.40. The number of aliphatic carboxylic acids is 1. The Bertz CT molecular complexity index is 512. The predicted octanol–water partition coefficient (Wildman–Crippen LogP) is 2.05. The molecule has 0 aliphatic heterocycles. The number of hydrogen-bond acceptors (Lipinski definition) is 3. The van der Waals surface area contributed by atoms with Crippen molar-refractivity contribution >= 4 is 11.9 Å². The fourth-order valence-electron chi connectivity index (χ4n) is 2.56. The van der Waals surface area contributed by atoms with Crippen LogP contribution in [0.25, 0.3) is 0 Å². The molecule has 1 aliphatic carbocycles. The fraction of sp³-hybridized carbons (Fsp3) is 0.529. The van der Waals surface area contributed by atoms with Crippen LogP contribution < -0.4 is 5.32 Å². The molecule has 0 bridgehead atoms. The van der Waals surface area contributed by atoms with Crippen LogP contribution in [-0.2, 0) is 9.59 Å². The maximum Gasteiger partial charge on any atom is 0.317 e. The number of rotatable bonds is 8. The lowest BCUT2D eigenvalue weighted by molar-refractivity contribution is -0.139. The van der Waals surface area contributed by atoms with Gasteiger partial charge in [0, 0.05) is 6.04 Å². The Hall–Kier alpha value is -1.88. The highest BCUT2D eigenvalue weighted by atomic mass is 16.4. The van der Waals surface area contributed by atoms with Gasteiger partial charge in [-0.25, -0.2) is 0 Å². The van der Waals surface area contributed by atoms with Gasteiger partial charge in [0.1, 0.15) is 0 Å². The van der Waals surface area contributed by atoms with Crippen molar-refractivity contribution < 1.29 is 14.7 Å². The molecule has 1 aliphatic rings. The van der Waals surface area contributed by atoms with Gasteiger partial charge in [0.25, 0.3) is 0 Å². The first-order valence-electron chi connectivity index (χ1n) is 7.77. The van der Waals surface area contributed by atoms with Crippen molar-refractivity contribution in [2.75, 3.05) is 13.1 Å². The summed E-state index contributed by atoms with van der Waals surface area (Å²) < 4.78 is 0. The third kappa shape index (κ3) is 4.84. The number of nitrogens with zero attached hydrogens (tertiary/aromatic N) is 1. The van der Waals surface area contributed by atoms with Crippen LogP contribution in [0.2, 0.25) is 0 Å². The van der Waals surface area contributed by atoms with Crippen molar-refractivity contribution in [3.05, 3.63) is 35.9 Å². The van der Waals surface area contributed by atoms with E-state index in [0.717, 1.165) is 18.4 Å². The predicted molar refractivity (Wildman–Crippen MR) is 84.4 cm³/mol. The van der Waals surface area contributed by atoms with Crippen LogP contribution in [0.1, 0.15) is 38.3 Å². The number of hydrogen-bond donors (Lipinski definition) is 2. The van der Waals surface area contributed by atoms with Gasteiger partial charge in [-0.2, -0.15) is 0 Å². The van der Waals surface area contributed by atoms with Crippen LogP contribution in [0.5, 0.6) is 0 Å². The molecule has 1 unspecified atom stereocenters. The van der Waals surface area contributed by atoms with E-state index in [-0.39, 0.29) is 31.1 Å². The Balaban J connectivity index is 1.98. The van der Waals surface area contributed by atoms with Crippen molar-refractivity contribution in [1.82, 2.24) is 10.2 Å². The zero-order valence-electron chi connectivity index (χ0n) is 13.2. The Morgan fingerprint density at radius 2 is 1.86 bits per heavy atom. The molecule has 0 saturated heterocycles. The zero-order chi connectivity index (χ0) is 16.1. The third-order valence-electron chi connectivity index (χ3n) is 3.98. The van der Waals surface area contributed by atoms with Crippen molar-refractivity contribution in [2.45, 2.75) is 38.8 Å². The molecule has 120 valence electrons. The molecule has 1 aromatic rings. The number of carbonyl (C=O) groups is 2. The monoisotopic (exact) mass is 304 g/mol. The van der Waals surface area contributed by atoms with E-state index < -0.39 is 5.97 Å². The average molecular weight is 304 g/mol. The van der Waals surface area contributed by atoms with Crippen LogP contribution >= 0.6 is 0 Å². The minimum absolute atomic E-state index is 0.0120. The van der Waals surface area contributed by atoms with Gasteiger partial charge in [-0.1, -0.05) is 30.3 Å². The Labute approximate surface area is 131 Å². The van der Waals surface area contributed by atoms with E-state index in [1.807, 2.05) is 44.2 Å². The van der Waals surface area contributed by atoms with Gasteiger partial charge in [0.05, 0.1) is 19.1 Å². The molecule has 5 heteroatoms. The molecule has 2 N–H and O–H groups in total. The maximum atomic E-state index is 12.3. The third-order valence-corrected chi connectivity index (χ3v) is 3.98. The van der Waals surface area contributed by atoms with Gasteiger partial charge >= 0.3 is 5.97 Å². The lowest BCUT2D eigenvalue weighted by Crippen LogP contribution is -2.44. The minimum Gasteiger partial charge on any atom is -0.480 e. The Kier molecular flexibility index (Phi) is 5.55. The van der Waals surface area contributed by atoms with Crippen LogP contribution in [0.4, 0.5) is 0 Å². The van der Waals surface area contributed by atoms with Crippen LogP contribution in [0.15, 0.2) is 30.3 Å². The summed E-state index contributed by atoms with van der Waals surface area (Å²) in [5.41, 5.74) is 1.12. The smallest absolute Gasteiger partial charge is 0.317 e. The molecule has 0 aromatic heterocycles. The molecule has 2 rings (SSSR count). The van der Waals surface area contributed by atoms with E-state index in [1.165, 1.54) is 0 Å². The van der Waals surface area contributed by atoms with E-state index in [4.69, 9.17) is 5.11 Å². The highest BCUT2D eigenvalue weighted by molar-refractivity contribution is 5.79. The second-order valence-corrected chi connectivity index (χ2v) is 6.19. The average Bonchev–Trinajstić information content (AvgIpc) is 3.29. The molecule has 5 nitrogen and oxygen atoms in total. The number of carboxylic acid groups (broad SMARTS) is 1. The summed E-state index contributed by atoms with van der Waals surface area (Å²) in [5.74, 6) is -0.530. The second-order valence-electron chi connectivity index (χ2n) is 6.19. The fourth-order valence-corrected chi connectivity index (χ4v) is 2.56. The molecule has 22 heavy (non-hydrogen) atoms.